The van der Waals surface area contributed by atoms with Crippen LogP contribution in [0.4, 0.5) is 10.1 Å². The van der Waals surface area contributed by atoms with Gasteiger partial charge >= 0.3 is 0 Å². The zero-order chi connectivity index (χ0) is 15.6. The van der Waals surface area contributed by atoms with Crippen molar-refractivity contribution in [2.75, 3.05) is 25.0 Å². The molecule has 2 rings (SSSR count). The van der Waals surface area contributed by atoms with Crippen LogP contribution in [0.1, 0.15) is 37.4 Å². The molecule has 1 aliphatic heterocycles. The molecule has 4 nitrogen and oxygen atoms in total. The maximum absolute atomic E-state index is 13.9. The van der Waals surface area contributed by atoms with E-state index in [2.05, 4.69) is 15.5 Å². The SMILES string of the molecule is CNC(C)c1cc(F)c(C)cc1N1CCC(NC(C)=O)C1. The number of amides is 1. The average molecular weight is 293 g/mol. The van der Waals surface area contributed by atoms with Crippen molar-refractivity contribution in [3.05, 3.63) is 29.1 Å². The first-order chi connectivity index (χ1) is 9.92. The summed E-state index contributed by atoms with van der Waals surface area (Å²) in [7, 11) is 1.87. The van der Waals surface area contributed by atoms with E-state index in [4.69, 9.17) is 0 Å². The second kappa shape index (κ2) is 6.43. The third kappa shape index (κ3) is 3.53. The Kier molecular flexibility index (Phi) is 4.83. The fourth-order valence-electron chi connectivity index (χ4n) is 2.84. The fourth-order valence-corrected chi connectivity index (χ4v) is 2.84. The quantitative estimate of drug-likeness (QED) is 0.894. The maximum atomic E-state index is 13.9. The smallest absolute Gasteiger partial charge is 0.217 e. The fraction of sp³-hybridized carbons (Fsp3) is 0.562. The van der Waals surface area contributed by atoms with Crippen LogP contribution in [0.25, 0.3) is 0 Å². The lowest BCUT2D eigenvalue weighted by molar-refractivity contribution is -0.119. The number of aryl methyl sites for hydroxylation is 1. The summed E-state index contributed by atoms with van der Waals surface area (Å²) < 4.78 is 13.9. The number of nitrogens with one attached hydrogen (secondary N) is 2. The van der Waals surface area contributed by atoms with Crippen LogP contribution in [0.3, 0.4) is 0 Å². The molecule has 0 spiro atoms. The lowest BCUT2D eigenvalue weighted by atomic mass is 10.0. The van der Waals surface area contributed by atoms with Crippen molar-refractivity contribution >= 4 is 11.6 Å². The Hall–Kier alpha value is -1.62. The highest BCUT2D eigenvalue weighted by atomic mass is 19.1. The van der Waals surface area contributed by atoms with Gasteiger partial charge < -0.3 is 15.5 Å². The molecule has 0 bridgehead atoms. The summed E-state index contributed by atoms with van der Waals surface area (Å²) in [5.41, 5.74) is 2.67. The second-order valence-electron chi connectivity index (χ2n) is 5.80. The van der Waals surface area contributed by atoms with Crippen molar-refractivity contribution in [1.82, 2.24) is 10.6 Å². The van der Waals surface area contributed by atoms with Gasteiger partial charge in [-0.1, -0.05) is 0 Å². The summed E-state index contributed by atoms with van der Waals surface area (Å²) in [5.74, 6) is -0.172. The first-order valence-corrected chi connectivity index (χ1v) is 7.41. The van der Waals surface area contributed by atoms with Crippen molar-refractivity contribution in [3.63, 3.8) is 0 Å². The van der Waals surface area contributed by atoms with Gasteiger partial charge in [-0.3, -0.25) is 4.79 Å². The first kappa shape index (κ1) is 15.8. The lowest BCUT2D eigenvalue weighted by Crippen LogP contribution is -2.35. The Morgan fingerprint density at radius 2 is 2.19 bits per heavy atom. The molecule has 116 valence electrons. The molecule has 1 aromatic rings. The van der Waals surface area contributed by atoms with E-state index in [-0.39, 0.29) is 23.8 Å². The maximum Gasteiger partial charge on any atom is 0.217 e. The number of hydrogen-bond donors (Lipinski definition) is 2. The summed E-state index contributed by atoms with van der Waals surface area (Å²) >= 11 is 0. The number of carbonyl (C=O) groups excluding carboxylic acids is 1. The molecule has 21 heavy (non-hydrogen) atoms. The minimum absolute atomic E-state index is 0.000882. The largest absolute Gasteiger partial charge is 0.369 e. The number of halogens is 1. The normalized spacial score (nSPS) is 19.7. The number of benzene rings is 1. The monoisotopic (exact) mass is 293 g/mol. The molecule has 1 heterocycles. The van der Waals surface area contributed by atoms with E-state index in [1.54, 1.807) is 19.9 Å². The van der Waals surface area contributed by atoms with Gasteiger partial charge in [0.2, 0.25) is 5.91 Å². The van der Waals surface area contributed by atoms with Crippen molar-refractivity contribution in [2.45, 2.75) is 39.3 Å². The van der Waals surface area contributed by atoms with Gasteiger partial charge in [-0.05, 0) is 50.6 Å². The number of rotatable bonds is 4. The average Bonchev–Trinajstić information content (AvgIpc) is 2.88. The molecule has 0 radical (unpaired) electrons. The number of hydrogen-bond acceptors (Lipinski definition) is 3. The van der Waals surface area contributed by atoms with Crippen molar-refractivity contribution in [3.8, 4) is 0 Å². The van der Waals surface area contributed by atoms with E-state index in [0.29, 0.717) is 5.56 Å². The molecule has 1 aromatic carbocycles. The third-order valence-corrected chi connectivity index (χ3v) is 4.14. The van der Waals surface area contributed by atoms with Crippen LogP contribution in [0.15, 0.2) is 12.1 Å². The van der Waals surface area contributed by atoms with Crippen LogP contribution in [0.2, 0.25) is 0 Å². The summed E-state index contributed by atoms with van der Waals surface area (Å²) in [6.45, 7) is 7.00. The van der Waals surface area contributed by atoms with Gasteiger partial charge in [0.15, 0.2) is 0 Å². The van der Waals surface area contributed by atoms with Crippen LogP contribution < -0.4 is 15.5 Å². The van der Waals surface area contributed by atoms with Gasteiger partial charge in [-0.25, -0.2) is 4.39 Å². The highest BCUT2D eigenvalue weighted by molar-refractivity contribution is 5.73. The Labute approximate surface area is 125 Å². The van der Waals surface area contributed by atoms with Crippen molar-refractivity contribution < 1.29 is 9.18 Å². The Morgan fingerprint density at radius 3 is 2.81 bits per heavy atom. The molecule has 1 aliphatic rings. The van der Waals surface area contributed by atoms with Gasteiger partial charge in [0.1, 0.15) is 5.82 Å². The molecule has 0 saturated carbocycles. The molecular formula is C16H24FN3O. The van der Waals surface area contributed by atoms with Gasteiger partial charge in [0.05, 0.1) is 0 Å². The summed E-state index contributed by atoms with van der Waals surface area (Å²) in [6.07, 6.45) is 0.920. The highest BCUT2D eigenvalue weighted by Crippen LogP contribution is 2.31. The molecular weight excluding hydrogens is 269 g/mol. The zero-order valence-corrected chi connectivity index (χ0v) is 13.2. The third-order valence-electron chi connectivity index (χ3n) is 4.14. The summed E-state index contributed by atoms with van der Waals surface area (Å²) in [6, 6.07) is 3.78. The van der Waals surface area contributed by atoms with E-state index in [9.17, 15) is 9.18 Å². The molecule has 1 saturated heterocycles. The van der Waals surface area contributed by atoms with Gasteiger partial charge in [-0.15, -0.1) is 0 Å². The van der Waals surface area contributed by atoms with Gasteiger partial charge in [0.25, 0.3) is 0 Å². The van der Waals surface area contributed by atoms with E-state index in [1.807, 2.05) is 20.0 Å². The number of nitrogens with zero attached hydrogens (tertiary/aromatic N) is 1. The minimum atomic E-state index is -0.173. The van der Waals surface area contributed by atoms with E-state index >= 15 is 0 Å². The van der Waals surface area contributed by atoms with Gasteiger partial charge in [-0.2, -0.15) is 0 Å². The molecule has 2 atom stereocenters. The summed E-state index contributed by atoms with van der Waals surface area (Å²) in [5, 5.41) is 6.13. The Bertz CT molecular complexity index is 532. The van der Waals surface area contributed by atoms with Crippen molar-refractivity contribution in [2.24, 2.45) is 0 Å². The predicted octanol–water partition coefficient (Wildman–Crippen LogP) is 2.13. The van der Waals surface area contributed by atoms with Crippen LogP contribution >= 0.6 is 0 Å². The Morgan fingerprint density at radius 1 is 1.48 bits per heavy atom. The van der Waals surface area contributed by atoms with Crippen LogP contribution in [-0.4, -0.2) is 32.1 Å². The molecule has 0 aliphatic carbocycles. The molecule has 2 unspecified atom stereocenters. The van der Waals surface area contributed by atoms with E-state index in [0.717, 1.165) is 30.8 Å². The topological polar surface area (TPSA) is 44.4 Å². The standard InChI is InChI=1S/C16H24FN3O/c1-10-7-16(14(8-15(10)17)11(2)18-4)20-6-5-13(9-20)19-12(3)21/h7-8,11,13,18H,5-6,9H2,1-4H3,(H,19,21). The zero-order valence-electron chi connectivity index (χ0n) is 13.2. The lowest BCUT2D eigenvalue weighted by Gasteiger charge is -2.25. The second-order valence-corrected chi connectivity index (χ2v) is 5.80. The minimum Gasteiger partial charge on any atom is -0.369 e. The molecule has 0 aromatic heterocycles. The number of anilines is 1. The van der Waals surface area contributed by atoms with E-state index < -0.39 is 0 Å². The molecule has 1 fully saturated rings. The van der Waals surface area contributed by atoms with E-state index in [1.165, 1.54) is 0 Å². The van der Waals surface area contributed by atoms with Crippen LogP contribution in [-0.2, 0) is 4.79 Å². The highest BCUT2D eigenvalue weighted by Gasteiger charge is 2.26. The first-order valence-electron chi connectivity index (χ1n) is 7.41. The summed E-state index contributed by atoms with van der Waals surface area (Å²) in [4.78, 5) is 13.4. The van der Waals surface area contributed by atoms with Crippen molar-refractivity contribution in [1.29, 1.82) is 0 Å². The number of carbonyl (C=O) groups is 1. The van der Waals surface area contributed by atoms with Crippen LogP contribution in [0.5, 0.6) is 0 Å². The predicted molar refractivity (Wildman–Crippen MR) is 83.0 cm³/mol. The Balaban J connectivity index is 2.27. The molecule has 2 N–H and O–H groups in total. The van der Waals surface area contributed by atoms with Gasteiger partial charge in [0, 0.05) is 37.8 Å². The molecule has 1 amide bonds. The molecule has 5 heteroatoms. The van der Waals surface area contributed by atoms with Crippen LogP contribution in [0, 0.1) is 12.7 Å².